The summed E-state index contributed by atoms with van der Waals surface area (Å²) in [6.07, 6.45) is 0. The van der Waals surface area contributed by atoms with Crippen molar-refractivity contribution in [3.8, 4) is 0 Å². The monoisotopic (exact) mass is 259 g/mol. The quantitative estimate of drug-likeness (QED) is 0.642. The smallest absolute Gasteiger partial charge is 0.316 e. The first-order valence-electron chi connectivity index (χ1n) is 4.40. The van der Waals surface area contributed by atoms with Gasteiger partial charge < -0.3 is 10.5 Å². The van der Waals surface area contributed by atoms with E-state index in [2.05, 4.69) is 4.74 Å². The van der Waals surface area contributed by atoms with Crippen molar-refractivity contribution in [1.29, 1.82) is 0 Å². The molecule has 0 fully saturated rings. The first-order chi connectivity index (χ1) is 7.58. The van der Waals surface area contributed by atoms with Crippen LogP contribution in [0.15, 0.2) is 29.2 Å². The molecule has 1 aromatic carbocycles. The third-order valence-corrected chi connectivity index (χ3v) is 2.78. The lowest BCUT2D eigenvalue weighted by Crippen LogP contribution is -2.21. The third-order valence-electron chi connectivity index (χ3n) is 1.55. The number of halogens is 1. The minimum Gasteiger partial charge on any atom is -0.455 e. The second-order valence-electron chi connectivity index (χ2n) is 2.87. The average Bonchev–Trinajstić information content (AvgIpc) is 2.25. The van der Waals surface area contributed by atoms with Crippen LogP contribution < -0.4 is 5.73 Å². The van der Waals surface area contributed by atoms with Gasteiger partial charge in [0.25, 0.3) is 5.91 Å². The number of nitrogens with two attached hydrogens (primary N) is 1. The maximum atomic E-state index is 11.1. The SMILES string of the molecule is NC(=O)COC(=O)CSc1ccc(Cl)cc1. The molecule has 0 aromatic heterocycles. The summed E-state index contributed by atoms with van der Waals surface area (Å²) in [7, 11) is 0. The number of amides is 1. The van der Waals surface area contributed by atoms with Crippen molar-refractivity contribution in [2.45, 2.75) is 4.90 Å². The van der Waals surface area contributed by atoms with Crippen LogP contribution in [0, 0.1) is 0 Å². The van der Waals surface area contributed by atoms with Gasteiger partial charge in [0.15, 0.2) is 6.61 Å². The molecule has 86 valence electrons. The molecular formula is C10H10ClNO3S. The van der Waals surface area contributed by atoms with Gasteiger partial charge in [0.2, 0.25) is 0 Å². The number of esters is 1. The van der Waals surface area contributed by atoms with Crippen LogP contribution in [0.5, 0.6) is 0 Å². The zero-order valence-corrected chi connectivity index (χ0v) is 9.88. The highest BCUT2D eigenvalue weighted by molar-refractivity contribution is 8.00. The molecule has 2 N–H and O–H groups in total. The van der Waals surface area contributed by atoms with Gasteiger partial charge >= 0.3 is 5.97 Å². The number of ether oxygens (including phenoxy) is 1. The molecule has 1 amide bonds. The molecule has 0 aliphatic heterocycles. The second-order valence-corrected chi connectivity index (χ2v) is 4.35. The number of hydrogen-bond acceptors (Lipinski definition) is 4. The van der Waals surface area contributed by atoms with Crippen molar-refractivity contribution in [1.82, 2.24) is 0 Å². The Labute approximate surface area is 102 Å². The highest BCUT2D eigenvalue weighted by Crippen LogP contribution is 2.20. The van der Waals surface area contributed by atoms with Crippen molar-refractivity contribution >= 4 is 35.2 Å². The molecule has 1 rings (SSSR count). The summed E-state index contributed by atoms with van der Waals surface area (Å²) in [5.41, 5.74) is 4.83. The van der Waals surface area contributed by atoms with Crippen LogP contribution in [0.25, 0.3) is 0 Å². The number of carbonyl (C=O) groups excluding carboxylic acids is 2. The zero-order valence-electron chi connectivity index (χ0n) is 8.31. The van der Waals surface area contributed by atoms with E-state index in [1.54, 1.807) is 24.3 Å². The van der Waals surface area contributed by atoms with Crippen LogP contribution >= 0.6 is 23.4 Å². The van der Waals surface area contributed by atoms with E-state index < -0.39 is 11.9 Å². The highest BCUT2D eigenvalue weighted by atomic mass is 35.5. The first kappa shape index (κ1) is 12.9. The molecule has 0 bridgehead atoms. The minimum absolute atomic E-state index is 0.134. The van der Waals surface area contributed by atoms with E-state index >= 15 is 0 Å². The molecule has 0 saturated heterocycles. The van der Waals surface area contributed by atoms with Gasteiger partial charge in [0, 0.05) is 9.92 Å². The van der Waals surface area contributed by atoms with E-state index in [0.717, 1.165) is 4.90 Å². The van der Waals surface area contributed by atoms with E-state index in [0.29, 0.717) is 5.02 Å². The van der Waals surface area contributed by atoms with Gasteiger partial charge in [-0.25, -0.2) is 0 Å². The Morgan fingerprint density at radius 1 is 1.31 bits per heavy atom. The molecule has 0 atom stereocenters. The summed E-state index contributed by atoms with van der Waals surface area (Å²) in [6.45, 7) is -0.375. The van der Waals surface area contributed by atoms with Gasteiger partial charge in [-0.15, -0.1) is 11.8 Å². The molecule has 16 heavy (non-hydrogen) atoms. The summed E-state index contributed by atoms with van der Waals surface area (Å²) < 4.78 is 4.59. The molecule has 0 saturated carbocycles. The lowest BCUT2D eigenvalue weighted by atomic mass is 10.4. The maximum Gasteiger partial charge on any atom is 0.316 e. The molecule has 1 aromatic rings. The number of rotatable bonds is 5. The largest absolute Gasteiger partial charge is 0.455 e. The highest BCUT2D eigenvalue weighted by Gasteiger charge is 2.05. The zero-order chi connectivity index (χ0) is 12.0. The number of benzene rings is 1. The topological polar surface area (TPSA) is 69.4 Å². The molecule has 0 aliphatic carbocycles. The standard InChI is InChI=1S/C10H10ClNO3S/c11-7-1-3-8(4-2-7)16-6-10(14)15-5-9(12)13/h1-4H,5-6H2,(H2,12,13). The fourth-order valence-corrected chi connectivity index (χ4v) is 1.69. The second kappa shape index (κ2) is 6.40. The van der Waals surface area contributed by atoms with Gasteiger partial charge in [-0.1, -0.05) is 11.6 Å². The van der Waals surface area contributed by atoms with Crippen LogP contribution in [-0.4, -0.2) is 24.2 Å². The normalized spacial score (nSPS) is 9.81. The molecular weight excluding hydrogens is 250 g/mol. The van der Waals surface area contributed by atoms with Gasteiger partial charge in [-0.2, -0.15) is 0 Å². The third kappa shape index (κ3) is 5.04. The Hall–Kier alpha value is -1.20. The Balaban J connectivity index is 2.31. The van der Waals surface area contributed by atoms with Crippen molar-refractivity contribution in [2.75, 3.05) is 12.4 Å². The molecule has 0 unspecified atom stereocenters. The van der Waals surface area contributed by atoms with E-state index in [9.17, 15) is 9.59 Å². The van der Waals surface area contributed by atoms with Crippen LogP contribution in [0.3, 0.4) is 0 Å². The van der Waals surface area contributed by atoms with Crippen molar-refractivity contribution in [3.05, 3.63) is 29.3 Å². The molecule has 0 spiro atoms. The van der Waals surface area contributed by atoms with E-state index in [4.69, 9.17) is 17.3 Å². The summed E-state index contributed by atoms with van der Waals surface area (Å²) in [4.78, 5) is 22.4. The van der Waals surface area contributed by atoms with Gasteiger partial charge in [0.1, 0.15) is 0 Å². The van der Waals surface area contributed by atoms with Gasteiger partial charge in [-0.3, -0.25) is 9.59 Å². The fraction of sp³-hybridized carbons (Fsp3) is 0.200. The van der Waals surface area contributed by atoms with E-state index in [1.165, 1.54) is 11.8 Å². The minimum atomic E-state index is -0.662. The molecule has 0 aliphatic rings. The molecule has 0 radical (unpaired) electrons. The Morgan fingerprint density at radius 2 is 1.94 bits per heavy atom. The van der Waals surface area contributed by atoms with Crippen molar-refractivity contribution in [2.24, 2.45) is 5.73 Å². The number of carbonyl (C=O) groups is 2. The first-order valence-corrected chi connectivity index (χ1v) is 5.76. The van der Waals surface area contributed by atoms with E-state index in [1.807, 2.05) is 0 Å². The van der Waals surface area contributed by atoms with Crippen molar-refractivity contribution in [3.63, 3.8) is 0 Å². The fourth-order valence-electron chi connectivity index (χ4n) is 0.866. The molecule has 6 heteroatoms. The average molecular weight is 260 g/mol. The van der Waals surface area contributed by atoms with Gasteiger partial charge in [0.05, 0.1) is 5.75 Å². The van der Waals surface area contributed by atoms with E-state index in [-0.39, 0.29) is 12.4 Å². The van der Waals surface area contributed by atoms with Gasteiger partial charge in [-0.05, 0) is 24.3 Å². The lowest BCUT2D eigenvalue weighted by molar-refractivity contribution is -0.145. The summed E-state index contributed by atoms with van der Waals surface area (Å²) >= 11 is 7.01. The number of thioether (sulfide) groups is 1. The predicted octanol–water partition coefficient (Wildman–Crippen LogP) is 1.46. The van der Waals surface area contributed by atoms with Crippen molar-refractivity contribution < 1.29 is 14.3 Å². The van der Waals surface area contributed by atoms with Crippen LogP contribution in [0.2, 0.25) is 5.02 Å². The Bertz CT molecular complexity index is 380. The maximum absolute atomic E-state index is 11.1. The molecule has 0 heterocycles. The van der Waals surface area contributed by atoms with Crippen LogP contribution in [0.1, 0.15) is 0 Å². The van der Waals surface area contributed by atoms with Crippen LogP contribution in [-0.2, 0) is 14.3 Å². The Kier molecular flexibility index (Phi) is 5.14. The summed E-state index contributed by atoms with van der Waals surface area (Å²) in [5, 5.41) is 0.639. The summed E-state index contributed by atoms with van der Waals surface area (Å²) in [6, 6.07) is 7.07. The Morgan fingerprint density at radius 3 is 2.50 bits per heavy atom. The summed E-state index contributed by atoms with van der Waals surface area (Å²) in [5.74, 6) is -1.00. The number of hydrogen-bond donors (Lipinski definition) is 1. The van der Waals surface area contributed by atoms with Crippen LogP contribution in [0.4, 0.5) is 0 Å². The predicted molar refractivity (Wildman–Crippen MR) is 62.3 cm³/mol. The number of primary amides is 1. The molecule has 4 nitrogen and oxygen atoms in total. The lowest BCUT2D eigenvalue weighted by Gasteiger charge is -2.02.